The molecule has 2 heterocycles. The number of rotatable bonds is 4. The van der Waals surface area contributed by atoms with Crippen molar-refractivity contribution in [3.63, 3.8) is 0 Å². The van der Waals surface area contributed by atoms with E-state index in [4.69, 9.17) is 16.3 Å². The van der Waals surface area contributed by atoms with Crippen LogP contribution in [0.4, 0.5) is 0 Å². The van der Waals surface area contributed by atoms with Crippen LogP contribution in [0.3, 0.4) is 0 Å². The molecule has 0 radical (unpaired) electrons. The number of carbonyl (C=O) groups excluding carboxylic acids is 1. The van der Waals surface area contributed by atoms with Crippen molar-refractivity contribution >= 4 is 23.2 Å². The molecule has 18 heavy (non-hydrogen) atoms. The number of aromatic nitrogens is 2. The van der Waals surface area contributed by atoms with E-state index in [9.17, 15) is 4.79 Å². The summed E-state index contributed by atoms with van der Waals surface area (Å²) in [7, 11) is 1.59. The standard InChI is InChI=1S/C12H14ClN3O2/c1-8-11(12(17)14-4-6-18-2)16-5-3-9(13)7-10(16)15-8/h3,5,7H,4,6H2,1-2H3,(H,14,17). The summed E-state index contributed by atoms with van der Waals surface area (Å²) in [5, 5.41) is 3.37. The lowest BCUT2D eigenvalue weighted by Gasteiger charge is -2.05. The molecule has 2 rings (SSSR count). The molecule has 96 valence electrons. The summed E-state index contributed by atoms with van der Waals surface area (Å²) in [4.78, 5) is 16.3. The van der Waals surface area contributed by atoms with E-state index in [2.05, 4.69) is 10.3 Å². The topological polar surface area (TPSA) is 55.6 Å². The van der Waals surface area contributed by atoms with Gasteiger partial charge in [-0.05, 0) is 13.0 Å². The van der Waals surface area contributed by atoms with Crippen molar-refractivity contribution in [2.24, 2.45) is 0 Å². The Hall–Kier alpha value is -1.59. The van der Waals surface area contributed by atoms with Crippen LogP contribution in [0.2, 0.25) is 5.02 Å². The normalized spacial score (nSPS) is 10.8. The van der Waals surface area contributed by atoms with E-state index in [-0.39, 0.29) is 5.91 Å². The largest absolute Gasteiger partial charge is 0.383 e. The maximum absolute atomic E-state index is 12.0. The van der Waals surface area contributed by atoms with Gasteiger partial charge in [-0.2, -0.15) is 0 Å². The minimum Gasteiger partial charge on any atom is -0.383 e. The minimum atomic E-state index is -0.167. The van der Waals surface area contributed by atoms with Crippen LogP contribution < -0.4 is 5.32 Å². The summed E-state index contributed by atoms with van der Waals surface area (Å²) < 4.78 is 6.61. The third-order valence-electron chi connectivity index (χ3n) is 2.57. The van der Waals surface area contributed by atoms with Gasteiger partial charge in [0.1, 0.15) is 11.3 Å². The van der Waals surface area contributed by atoms with Gasteiger partial charge >= 0.3 is 0 Å². The van der Waals surface area contributed by atoms with E-state index < -0.39 is 0 Å². The van der Waals surface area contributed by atoms with Crippen molar-refractivity contribution in [3.8, 4) is 0 Å². The highest BCUT2D eigenvalue weighted by atomic mass is 35.5. The molecule has 5 nitrogen and oxygen atoms in total. The molecule has 0 aliphatic carbocycles. The van der Waals surface area contributed by atoms with Crippen molar-refractivity contribution in [1.29, 1.82) is 0 Å². The van der Waals surface area contributed by atoms with Gasteiger partial charge < -0.3 is 10.1 Å². The maximum Gasteiger partial charge on any atom is 0.270 e. The van der Waals surface area contributed by atoms with Gasteiger partial charge in [-0.25, -0.2) is 4.98 Å². The van der Waals surface area contributed by atoms with Crippen LogP contribution in [0.15, 0.2) is 18.3 Å². The summed E-state index contributed by atoms with van der Waals surface area (Å²) in [5.41, 5.74) is 1.86. The Bertz CT molecular complexity index is 580. The molecule has 0 saturated carbocycles. The van der Waals surface area contributed by atoms with Gasteiger partial charge in [0.15, 0.2) is 0 Å². The molecule has 0 atom stereocenters. The number of carbonyl (C=O) groups is 1. The molecule has 2 aromatic rings. The first-order valence-corrected chi connectivity index (χ1v) is 5.92. The molecular weight excluding hydrogens is 254 g/mol. The molecule has 0 aliphatic rings. The average molecular weight is 268 g/mol. The predicted molar refractivity (Wildman–Crippen MR) is 69.1 cm³/mol. The van der Waals surface area contributed by atoms with Crippen molar-refractivity contribution in [2.45, 2.75) is 6.92 Å². The number of ether oxygens (including phenoxy) is 1. The van der Waals surface area contributed by atoms with Crippen LogP contribution in [-0.4, -0.2) is 35.6 Å². The molecule has 0 fully saturated rings. The Morgan fingerprint density at radius 1 is 1.61 bits per heavy atom. The SMILES string of the molecule is COCCNC(=O)c1c(C)nc2cc(Cl)ccn12. The molecule has 1 N–H and O–H groups in total. The lowest BCUT2D eigenvalue weighted by molar-refractivity contribution is 0.0930. The van der Waals surface area contributed by atoms with Crippen molar-refractivity contribution in [2.75, 3.05) is 20.3 Å². The van der Waals surface area contributed by atoms with Crippen LogP contribution in [0.1, 0.15) is 16.2 Å². The molecular formula is C12H14ClN3O2. The van der Waals surface area contributed by atoms with Crippen molar-refractivity contribution < 1.29 is 9.53 Å². The second-order valence-corrected chi connectivity index (χ2v) is 4.30. The minimum absolute atomic E-state index is 0.167. The molecule has 2 aromatic heterocycles. The Morgan fingerprint density at radius 2 is 2.39 bits per heavy atom. The van der Waals surface area contributed by atoms with Crippen LogP contribution in [0.25, 0.3) is 5.65 Å². The van der Waals surface area contributed by atoms with E-state index in [0.29, 0.717) is 35.2 Å². The Balaban J connectivity index is 2.32. The first kappa shape index (κ1) is 12.9. The van der Waals surface area contributed by atoms with Gasteiger partial charge in [-0.1, -0.05) is 11.6 Å². The molecule has 0 aliphatic heterocycles. The highest BCUT2D eigenvalue weighted by Gasteiger charge is 2.15. The van der Waals surface area contributed by atoms with Crippen molar-refractivity contribution in [1.82, 2.24) is 14.7 Å². The quantitative estimate of drug-likeness (QED) is 0.858. The zero-order valence-corrected chi connectivity index (χ0v) is 11.0. The Labute approximate surface area is 110 Å². The fourth-order valence-electron chi connectivity index (χ4n) is 1.76. The van der Waals surface area contributed by atoms with E-state index in [1.165, 1.54) is 0 Å². The summed E-state index contributed by atoms with van der Waals surface area (Å²) in [5.74, 6) is -0.167. The summed E-state index contributed by atoms with van der Waals surface area (Å²) in [6.45, 7) is 2.75. The molecule has 0 spiro atoms. The highest BCUT2D eigenvalue weighted by Crippen LogP contribution is 2.16. The van der Waals surface area contributed by atoms with Crippen LogP contribution in [-0.2, 0) is 4.74 Å². The molecule has 0 aromatic carbocycles. The number of halogens is 1. The number of methoxy groups -OCH3 is 1. The first-order chi connectivity index (χ1) is 8.63. The Kier molecular flexibility index (Phi) is 3.84. The van der Waals surface area contributed by atoms with Gasteiger partial charge in [0.2, 0.25) is 0 Å². The number of aryl methyl sites for hydroxylation is 1. The summed E-state index contributed by atoms with van der Waals surface area (Å²) in [6, 6.07) is 3.45. The third-order valence-corrected chi connectivity index (χ3v) is 2.80. The molecule has 0 unspecified atom stereocenters. The maximum atomic E-state index is 12.0. The number of fused-ring (bicyclic) bond motifs is 1. The second kappa shape index (κ2) is 5.37. The zero-order chi connectivity index (χ0) is 13.1. The first-order valence-electron chi connectivity index (χ1n) is 5.55. The van der Waals surface area contributed by atoms with Crippen LogP contribution in [0.5, 0.6) is 0 Å². The molecule has 1 amide bonds. The van der Waals surface area contributed by atoms with E-state index in [1.54, 1.807) is 36.8 Å². The van der Waals surface area contributed by atoms with Gasteiger partial charge in [-0.3, -0.25) is 9.20 Å². The monoisotopic (exact) mass is 267 g/mol. The highest BCUT2D eigenvalue weighted by molar-refractivity contribution is 6.30. The Morgan fingerprint density at radius 3 is 3.11 bits per heavy atom. The number of hydrogen-bond acceptors (Lipinski definition) is 3. The molecule has 6 heteroatoms. The smallest absolute Gasteiger partial charge is 0.270 e. The number of pyridine rings is 1. The van der Waals surface area contributed by atoms with Gasteiger partial charge in [0.25, 0.3) is 5.91 Å². The van der Waals surface area contributed by atoms with Crippen LogP contribution in [0, 0.1) is 6.92 Å². The van der Waals surface area contributed by atoms with Gasteiger partial charge in [0, 0.05) is 30.9 Å². The predicted octanol–water partition coefficient (Wildman–Crippen LogP) is 1.67. The number of nitrogens with one attached hydrogen (secondary N) is 1. The number of nitrogens with zero attached hydrogens (tertiary/aromatic N) is 2. The molecule has 0 saturated heterocycles. The van der Waals surface area contributed by atoms with Crippen LogP contribution >= 0.6 is 11.6 Å². The fraction of sp³-hybridized carbons (Fsp3) is 0.333. The molecule has 0 bridgehead atoms. The van der Waals surface area contributed by atoms with Crippen molar-refractivity contribution in [3.05, 3.63) is 34.7 Å². The number of hydrogen-bond donors (Lipinski definition) is 1. The van der Waals surface area contributed by atoms with Gasteiger partial charge in [-0.15, -0.1) is 0 Å². The summed E-state index contributed by atoms with van der Waals surface area (Å²) >= 11 is 5.89. The average Bonchev–Trinajstić information content (AvgIpc) is 2.64. The number of imidazole rings is 1. The lowest BCUT2D eigenvalue weighted by atomic mass is 10.3. The van der Waals surface area contributed by atoms with Gasteiger partial charge in [0.05, 0.1) is 12.3 Å². The van der Waals surface area contributed by atoms with E-state index >= 15 is 0 Å². The zero-order valence-electron chi connectivity index (χ0n) is 10.2. The second-order valence-electron chi connectivity index (χ2n) is 3.87. The van der Waals surface area contributed by atoms with E-state index in [0.717, 1.165) is 0 Å². The number of amides is 1. The third kappa shape index (κ3) is 2.47. The summed E-state index contributed by atoms with van der Waals surface area (Å²) in [6.07, 6.45) is 1.74. The fourth-order valence-corrected chi connectivity index (χ4v) is 1.92. The van der Waals surface area contributed by atoms with E-state index in [1.807, 2.05) is 0 Å². The lowest BCUT2D eigenvalue weighted by Crippen LogP contribution is -2.28.